The lowest BCUT2D eigenvalue weighted by Crippen LogP contribution is -2.18. The number of esters is 2. The first kappa shape index (κ1) is 29.0. The van der Waals surface area contributed by atoms with Crippen LogP contribution in [0.2, 0.25) is 5.02 Å². The van der Waals surface area contributed by atoms with Crippen molar-refractivity contribution in [2.75, 3.05) is 31.9 Å². The third-order valence-corrected chi connectivity index (χ3v) is 6.70. The highest BCUT2D eigenvalue weighted by atomic mass is 35.5. The van der Waals surface area contributed by atoms with E-state index < -0.39 is 11.9 Å². The van der Waals surface area contributed by atoms with Crippen molar-refractivity contribution >= 4 is 46.9 Å². The van der Waals surface area contributed by atoms with Crippen molar-refractivity contribution in [3.8, 4) is 5.75 Å². The van der Waals surface area contributed by atoms with Crippen LogP contribution < -0.4 is 10.1 Å². The molecule has 0 bridgehead atoms. The number of halogens is 1. The molecular formula is C26H29ClN4O6S. The topological polar surface area (TPSA) is 122 Å². The van der Waals surface area contributed by atoms with Crippen LogP contribution in [0.1, 0.15) is 45.4 Å². The molecule has 0 saturated carbocycles. The van der Waals surface area contributed by atoms with E-state index in [0.29, 0.717) is 29.8 Å². The number of methoxy groups -OCH3 is 2. The normalized spacial score (nSPS) is 10.7. The van der Waals surface area contributed by atoms with E-state index >= 15 is 0 Å². The standard InChI is InChI=1S/C26H29ClN4O6S/c1-5-31-22(7-6-12-37-21-11-9-18(27)13-16(21)2)29-30-26(31)38-15-23(32)28-20-14-17(24(33)35-3)8-10-19(20)25(34)36-4/h8-11,13-14H,5-7,12,15H2,1-4H3,(H,28,32). The molecular weight excluding hydrogens is 532 g/mol. The number of hydrogen-bond donors (Lipinski definition) is 1. The molecule has 1 N–H and O–H groups in total. The van der Waals surface area contributed by atoms with Gasteiger partial charge < -0.3 is 24.1 Å². The van der Waals surface area contributed by atoms with Crippen LogP contribution in [0.25, 0.3) is 0 Å². The highest BCUT2D eigenvalue weighted by Gasteiger charge is 2.19. The van der Waals surface area contributed by atoms with Gasteiger partial charge in [-0.25, -0.2) is 9.59 Å². The fraction of sp³-hybridized carbons (Fsp3) is 0.346. The maximum Gasteiger partial charge on any atom is 0.339 e. The lowest BCUT2D eigenvalue weighted by Gasteiger charge is -2.12. The summed E-state index contributed by atoms with van der Waals surface area (Å²) >= 11 is 7.21. The number of carbonyl (C=O) groups is 3. The Morgan fingerprint density at radius 2 is 1.82 bits per heavy atom. The molecule has 0 aliphatic carbocycles. The van der Waals surface area contributed by atoms with Crippen molar-refractivity contribution in [1.29, 1.82) is 0 Å². The maximum atomic E-state index is 12.7. The zero-order chi connectivity index (χ0) is 27.7. The number of thioether (sulfide) groups is 1. The van der Waals surface area contributed by atoms with Crippen LogP contribution in [0.15, 0.2) is 41.6 Å². The Morgan fingerprint density at radius 3 is 2.50 bits per heavy atom. The molecule has 1 heterocycles. The fourth-order valence-electron chi connectivity index (χ4n) is 3.61. The van der Waals surface area contributed by atoms with E-state index in [0.717, 1.165) is 23.6 Å². The third-order valence-electron chi connectivity index (χ3n) is 5.50. The van der Waals surface area contributed by atoms with Gasteiger partial charge in [0, 0.05) is 18.0 Å². The van der Waals surface area contributed by atoms with Gasteiger partial charge in [-0.05, 0) is 62.2 Å². The highest BCUT2D eigenvalue weighted by molar-refractivity contribution is 7.99. The van der Waals surface area contributed by atoms with E-state index in [1.807, 2.05) is 30.5 Å². The average Bonchev–Trinajstić information content (AvgIpc) is 3.31. The summed E-state index contributed by atoms with van der Waals surface area (Å²) < 4.78 is 17.3. The Labute approximate surface area is 230 Å². The number of benzene rings is 2. The highest BCUT2D eigenvalue weighted by Crippen LogP contribution is 2.24. The van der Waals surface area contributed by atoms with Crippen LogP contribution in [0, 0.1) is 6.92 Å². The zero-order valence-electron chi connectivity index (χ0n) is 21.6. The molecule has 1 amide bonds. The van der Waals surface area contributed by atoms with Crippen LogP contribution >= 0.6 is 23.4 Å². The van der Waals surface area contributed by atoms with Crippen LogP contribution in [0.3, 0.4) is 0 Å². The van der Waals surface area contributed by atoms with Crippen LogP contribution in [-0.2, 0) is 27.2 Å². The molecule has 202 valence electrons. The van der Waals surface area contributed by atoms with Gasteiger partial charge in [0.1, 0.15) is 11.6 Å². The van der Waals surface area contributed by atoms with Gasteiger partial charge in [0.15, 0.2) is 5.16 Å². The van der Waals surface area contributed by atoms with Gasteiger partial charge in [-0.2, -0.15) is 0 Å². The zero-order valence-corrected chi connectivity index (χ0v) is 23.1. The average molecular weight is 561 g/mol. The molecule has 0 aliphatic rings. The second-order valence-corrected chi connectivity index (χ2v) is 9.46. The molecule has 38 heavy (non-hydrogen) atoms. The van der Waals surface area contributed by atoms with Gasteiger partial charge in [0.25, 0.3) is 0 Å². The quantitative estimate of drug-likeness (QED) is 0.193. The second kappa shape index (κ2) is 13.8. The van der Waals surface area contributed by atoms with E-state index in [9.17, 15) is 14.4 Å². The van der Waals surface area contributed by atoms with Gasteiger partial charge in [0.05, 0.1) is 43.4 Å². The number of nitrogens with one attached hydrogen (secondary N) is 1. The Bertz CT molecular complexity index is 1310. The number of anilines is 1. The molecule has 1 aromatic heterocycles. The van der Waals surface area contributed by atoms with Crippen molar-refractivity contribution in [3.63, 3.8) is 0 Å². The van der Waals surface area contributed by atoms with E-state index in [1.54, 1.807) is 6.07 Å². The molecule has 0 aliphatic heterocycles. The van der Waals surface area contributed by atoms with Crippen LogP contribution in [0.5, 0.6) is 5.75 Å². The van der Waals surface area contributed by atoms with Crippen molar-refractivity contribution < 1.29 is 28.6 Å². The molecule has 0 fully saturated rings. The molecule has 3 rings (SSSR count). The van der Waals surface area contributed by atoms with Gasteiger partial charge in [-0.1, -0.05) is 23.4 Å². The monoisotopic (exact) mass is 560 g/mol. The minimum absolute atomic E-state index is 0.0140. The fourth-order valence-corrected chi connectivity index (χ4v) is 4.66. The van der Waals surface area contributed by atoms with Gasteiger partial charge >= 0.3 is 11.9 Å². The van der Waals surface area contributed by atoms with Crippen molar-refractivity contribution in [2.24, 2.45) is 0 Å². The molecule has 0 atom stereocenters. The number of nitrogens with zero attached hydrogens (tertiary/aromatic N) is 3. The molecule has 12 heteroatoms. The molecule has 0 saturated heterocycles. The van der Waals surface area contributed by atoms with Crippen LogP contribution in [0.4, 0.5) is 5.69 Å². The van der Waals surface area contributed by atoms with Crippen molar-refractivity contribution in [1.82, 2.24) is 14.8 Å². The predicted molar refractivity (Wildman–Crippen MR) is 144 cm³/mol. The molecule has 0 radical (unpaired) electrons. The van der Waals surface area contributed by atoms with E-state index in [2.05, 4.69) is 15.5 Å². The van der Waals surface area contributed by atoms with Gasteiger partial charge in [-0.15, -0.1) is 10.2 Å². The lowest BCUT2D eigenvalue weighted by atomic mass is 10.1. The SMILES string of the molecule is CCn1c(CCCOc2ccc(Cl)cc2C)nnc1SCC(=O)Nc1cc(C(=O)OC)ccc1C(=O)OC. The Balaban J connectivity index is 1.59. The minimum Gasteiger partial charge on any atom is -0.493 e. The Hall–Kier alpha value is -3.57. The first-order valence-electron chi connectivity index (χ1n) is 11.8. The number of aromatic nitrogens is 3. The number of hydrogen-bond acceptors (Lipinski definition) is 9. The minimum atomic E-state index is -0.644. The summed E-state index contributed by atoms with van der Waals surface area (Å²) in [6.45, 7) is 5.07. The van der Waals surface area contributed by atoms with E-state index in [1.165, 1.54) is 44.2 Å². The summed E-state index contributed by atoms with van der Waals surface area (Å²) in [7, 11) is 2.48. The van der Waals surface area contributed by atoms with Gasteiger partial charge in [-0.3, -0.25) is 4.79 Å². The number of amides is 1. The smallest absolute Gasteiger partial charge is 0.339 e. The number of carbonyl (C=O) groups excluding carboxylic acids is 3. The molecule has 0 spiro atoms. The molecule has 10 nitrogen and oxygen atoms in total. The summed E-state index contributed by atoms with van der Waals surface area (Å²) in [6, 6.07) is 9.71. The summed E-state index contributed by atoms with van der Waals surface area (Å²) in [5.74, 6) is -0.0218. The second-order valence-electron chi connectivity index (χ2n) is 8.09. The Kier molecular flexibility index (Phi) is 10.5. The third kappa shape index (κ3) is 7.48. The lowest BCUT2D eigenvalue weighted by molar-refractivity contribution is -0.113. The van der Waals surface area contributed by atoms with Crippen molar-refractivity contribution in [3.05, 3.63) is 63.9 Å². The number of rotatable bonds is 12. The van der Waals surface area contributed by atoms with E-state index in [4.69, 9.17) is 25.8 Å². The number of aryl methyl sites for hydroxylation is 2. The summed E-state index contributed by atoms with van der Waals surface area (Å²) in [4.78, 5) is 36.7. The van der Waals surface area contributed by atoms with Crippen LogP contribution in [-0.4, -0.2) is 59.2 Å². The van der Waals surface area contributed by atoms with Crippen molar-refractivity contribution in [2.45, 2.75) is 38.4 Å². The predicted octanol–water partition coefficient (Wildman–Crippen LogP) is 4.58. The summed E-state index contributed by atoms with van der Waals surface area (Å²) in [5.41, 5.74) is 1.43. The number of ether oxygens (including phenoxy) is 3. The summed E-state index contributed by atoms with van der Waals surface area (Å²) in [5, 5.41) is 12.5. The Morgan fingerprint density at radius 1 is 1.05 bits per heavy atom. The molecule has 2 aromatic carbocycles. The molecule has 3 aromatic rings. The van der Waals surface area contributed by atoms with Gasteiger partial charge in [0.2, 0.25) is 5.91 Å². The first-order chi connectivity index (χ1) is 18.3. The maximum absolute atomic E-state index is 12.7. The van der Waals surface area contributed by atoms with E-state index in [-0.39, 0.29) is 28.5 Å². The summed E-state index contributed by atoms with van der Waals surface area (Å²) in [6.07, 6.45) is 1.39. The largest absolute Gasteiger partial charge is 0.493 e. The molecule has 0 unspecified atom stereocenters. The first-order valence-corrected chi connectivity index (χ1v) is 13.2.